The third-order valence-electron chi connectivity index (χ3n) is 5.83. The van der Waals surface area contributed by atoms with Gasteiger partial charge in [-0.05, 0) is 50.5 Å². The Kier molecular flexibility index (Phi) is 4.95. The number of aryl methyl sites for hydroxylation is 2. The lowest BCUT2D eigenvalue weighted by Crippen LogP contribution is -2.31. The second kappa shape index (κ2) is 6.89. The Morgan fingerprint density at radius 3 is 2.65 bits per heavy atom. The van der Waals surface area contributed by atoms with Gasteiger partial charge in [-0.3, -0.25) is 9.48 Å². The molecule has 0 aliphatic heterocycles. The first-order chi connectivity index (χ1) is 12.2. The number of carbonyl (C=O) groups is 1. The van der Waals surface area contributed by atoms with Crippen LogP contribution in [-0.2, 0) is 19.4 Å². The van der Waals surface area contributed by atoms with Gasteiger partial charge in [0.25, 0.3) is 5.91 Å². The van der Waals surface area contributed by atoms with Crippen molar-refractivity contribution in [1.29, 1.82) is 0 Å². The lowest BCUT2D eigenvalue weighted by atomic mass is 9.71. The third kappa shape index (κ3) is 3.55. The van der Waals surface area contributed by atoms with E-state index in [1.54, 1.807) is 0 Å². The van der Waals surface area contributed by atoms with E-state index < -0.39 is 0 Å². The van der Waals surface area contributed by atoms with Crippen LogP contribution in [0.15, 0.2) is 4.52 Å². The highest BCUT2D eigenvalue weighted by molar-refractivity contribution is 5.93. The lowest BCUT2D eigenvalue weighted by Gasteiger charge is -2.33. The van der Waals surface area contributed by atoms with E-state index >= 15 is 0 Å². The zero-order valence-corrected chi connectivity index (χ0v) is 16.8. The highest BCUT2D eigenvalue weighted by Crippen LogP contribution is 2.38. The molecule has 1 atom stereocenters. The SMILES string of the molecule is Cc1nn(CCNC(=O)c2noc3c2C[C@@H](C(C)(C)C)CC3)c(C)c1C. The van der Waals surface area contributed by atoms with Gasteiger partial charge in [0, 0.05) is 24.2 Å². The van der Waals surface area contributed by atoms with E-state index in [1.165, 1.54) is 5.56 Å². The maximum Gasteiger partial charge on any atom is 0.273 e. The Labute approximate surface area is 155 Å². The van der Waals surface area contributed by atoms with Gasteiger partial charge < -0.3 is 9.84 Å². The van der Waals surface area contributed by atoms with Crippen LogP contribution in [0.5, 0.6) is 0 Å². The fourth-order valence-corrected chi connectivity index (χ4v) is 3.68. The quantitative estimate of drug-likeness (QED) is 0.909. The van der Waals surface area contributed by atoms with Crippen LogP contribution in [0.25, 0.3) is 0 Å². The molecule has 2 aromatic rings. The predicted molar refractivity (Wildman–Crippen MR) is 100 cm³/mol. The standard InChI is InChI=1S/C20H30N4O2/c1-12-13(2)22-24(14(12)3)10-9-21-19(25)18-16-11-15(20(4,5)6)7-8-17(16)26-23-18/h15H,7-11H2,1-6H3,(H,21,25)/t15-/m0/s1. The van der Waals surface area contributed by atoms with Crippen molar-refractivity contribution in [2.24, 2.45) is 11.3 Å². The second-order valence-corrected chi connectivity index (χ2v) is 8.51. The van der Waals surface area contributed by atoms with Gasteiger partial charge in [0.1, 0.15) is 5.76 Å². The Hall–Kier alpha value is -2.11. The van der Waals surface area contributed by atoms with Gasteiger partial charge >= 0.3 is 0 Å². The summed E-state index contributed by atoms with van der Waals surface area (Å²) in [6, 6.07) is 0. The Bertz CT molecular complexity index is 811. The van der Waals surface area contributed by atoms with Gasteiger partial charge in [0.2, 0.25) is 0 Å². The van der Waals surface area contributed by atoms with Crippen molar-refractivity contribution in [3.63, 3.8) is 0 Å². The molecule has 26 heavy (non-hydrogen) atoms. The van der Waals surface area contributed by atoms with Crippen molar-refractivity contribution in [1.82, 2.24) is 20.3 Å². The number of nitrogens with one attached hydrogen (secondary N) is 1. The molecule has 1 aliphatic rings. The highest BCUT2D eigenvalue weighted by atomic mass is 16.5. The van der Waals surface area contributed by atoms with Crippen LogP contribution in [0.2, 0.25) is 0 Å². The fourth-order valence-electron chi connectivity index (χ4n) is 3.68. The third-order valence-corrected chi connectivity index (χ3v) is 5.83. The largest absolute Gasteiger partial charge is 0.360 e. The summed E-state index contributed by atoms with van der Waals surface area (Å²) in [6.45, 7) is 14.1. The number of fused-ring (bicyclic) bond motifs is 1. The van der Waals surface area contributed by atoms with E-state index in [2.05, 4.69) is 50.2 Å². The molecule has 0 aromatic carbocycles. The summed E-state index contributed by atoms with van der Waals surface area (Å²) < 4.78 is 7.39. The van der Waals surface area contributed by atoms with Crippen molar-refractivity contribution in [2.45, 2.75) is 67.3 Å². The smallest absolute Gasteiger partial charge is 0.273 e. The molecule has 142 valence electrons. The van der Waals surface area contributed by atoms with Crippen LogP contribution in [0.1, 0.15) is 66.0 Å². The summed E-state index contributed by atoms with van der Waals surface area (Å²) in [7, 11) is 0. The fraction of sp³-hybridized carbons (Fsp3) is 0.650. The van der Waals surface area contributed by atoms with Crippen molar-refractivity contribution >= 4 is 5.91 Å². The van der Waals surface area contributed by atoms with Gasteiger partial charge in [0.15, 0.2) is 5.69 Å². The minimum Gasteiger partial charge on any atom is -0.360 e. The van der Waals surface area contributed by atoms with Crippen LogP contribution >= 0.6 is 0 Å². The molecule has 1 N–H and O–H groups in total. The van der Waals surface area contributed by atoms with Crippen molar-refractivity contribution in [3.8, 4) is 0 Å². The van der Waals surface area contributed by atoms with Crippen molar-refractivity contribution < 1.29 is 9.32 Å². The Morgan fingerprint density at radius 1 is 1.31 bits per heavy atom. The van der Waals surface area contributed by atoms with Crippen LogP contribution in [0.4, 0.5) is 0 Å². The summed E-state index contributed by atoms with van der Waals surface area (Å²) in [6.07, 6.45) is 2.81. The molecular formula is C20H30N4O2. The number of rotatable bonds is 4. The summed E-state index contributed by atoms with van der Waals surface area (Å²) in [4.78, 5) is 12.6. The lowest BCUT2D eigenvalue weighted by molar-refractivity contribution is 0.0941. The normalized spacial score (nSPS) is 17.2. The predicted octanol–water partition coefficient (Wildman–Crippen LogP) is 3.38. The van der Waals surface area contributed by atoms with E-state index in [1.807, 2.05) is 11.6 Å². The molecule has 3 rings (SSSR count). The van der Waals surface area contributed by atoms with Crippen LogP contribution in [0.3, 0.4) is 0 Å². The van der Waals surface area contributed by atoms with Gasteiger partial charge in [-0.15, -0.1) is 0 Å². The van der Waals surface area contributed by atoms with Crippen LogP contribution in [-0.4, -0.2) is 27.4 Å². The zero-order valence-electron chi connectivity index (χ0n) is 16.8. The zero-order chi connectivity index (χ0) is 19.1. The van der Waals surface area contributed by atoms with Crippen molar-refractivity contribution in [2.75, 3.05) is 6.54 Å². The molecule has 0 saturated carbocycles. The molecule has 1 aliphatic carbocycles. The van der Waals surface area contributed by atoms with E-state index in [9.17, 15) is 4.79 Å². The maximum atomic E-state index is 12.6. The number of hydrogen-bond acceptors (Lipinski definition) is 4. The van der Waals surface area contributed by atoms with Gasteiger partial charge in [0.05, 0.1) is 12.2 Å². The summed E-state index contributed by atoms with van der Waals surface area (Å²) in [5, 5.41) is 11.5. The second-order valence-electron chi connectivity index (χ2n) is 8.51. The molecule has 2 heterocycles. The van der Waals surface area contributed by atoms with E-state index in [0.29, 0.717) is 24.7 Å². The van der Waals surface area contributed by atoms with Gasteiger partial charge in [-0.25, -0.2) is 0 Å². The van der Waals surface area contributed by atoms with Crippen LogP contribution < -0.4 is 5.32 Å². The Morgan fingerprint density at radius 2 is 2.04 bits per heavy atom. The summed E-state index contributed by atoms with van der Waals surface area (Å²) in [5.41, 5.74) is 5.05. The molecule has 0 radical (unpaired) electrons. The molecule has 1 amide bonds. The highest BCUT2D eigenvalue weighted by Gasteiger charge is 2.34. The summed E-state index contributed by atoms with van der Waals surface area (Å²) >= 11 is 0. The number of amides is 1. The van der Waals surface area contributed by atoms with E-state index in [-0.39, 0.29) is 11.3 Å². The molecule has 0 saturated heterocycles. The van der Waals surface area contributed by atoms with Crippen LogP contribution in [0, 0.1) is 32.1 Å². The molecule has 0 fully saturated rings. The van der Waals surface area contributed by atoms with E-state index in [0.717, 1.165) is 42.0 Å². The molecule has 6 nitrogen and oxygen atoms in total. The molecule has 2 aromatic heterocycles. The molecule has 6 heteroatoms. The number of aromatic nitrogens is 3. The molecule has 0 bridgehead atoms. The monoisotopic (exact) mass is 358 g/mol. The minimum absolute atomic E-state index is 0.150. The van der Waals surface area contributed by atoms with E-state index in [4.69, 9.17) is 4.52 Å². The Balaban J connectivity index is 1.64. The number of nitrogens with zero attached hydrogens (tertiary/aromatic N) is 3. The first-order valence-corrected chi connectivity index (χ1v) is 9.44. The number of hydrogen-bond donors (Lipinski definition) is 1. The first kappa shape index (κ1) is 18.7. The average molecular weight is 358 g/mol. The molecule has 0 unspecified atom stereocenters. The molecular weight excluding hydrogens is 328 g/mol. The molecule has 0 spiro atoms. The van der Waals surface area contributed by atoms with Gasteiger partial charge in [-0.1, -0.05) is 25.9 Å². The van der Waals surface area contributed by atoms with Crippen molar-refractivity contribution in [3.05, 3.63) is 34.0 Å². The summed E-state index contributed by atoms with van der Waals surface area (Å²) in [5.74, 6) is 1.27. The topological polar surface area (TPSA) is 73.0 Å². The first-order valence-electron chi connectivity index (χ1n) is 9.44. The van der Waals surface area contributed by atoms with Gasteiger partial charge in [-0.2, -0.15) is 5.10 Å². The minimum atomic E-state index is -0.150. The average Bonchev–Trinajstić information content (AvgIpc) is 3.10. The number of carbonyl (C=O) groups excluding carboxylic acids is 1. The maximum absolute atomic E-state index is 12.6.